The molecule has 4 rings (SSSR count). The van der Waals surface area contributed by atoms with Crippen LogP contribution in [0.25, 0.3) is 11.4 Å². The highest BCUT2D eigenvalue weighted by molar-refractivity contribution is 5.81. The molecule has 3 heterocycles. The molecule has 0 radical (unpaired) electrons. The summed E-state index contributed by atoms with van der Waals surface area (Å²) in [4.78, 5) is 24.9. The van der Waals surface area contributed by atoms with E-state index in [2.05, 4.69) is 20.4 Å². The number of hydrogen-bond donors (Lipinski definition) is 1. The quantitative estimate of drug-likeness (QED) is 0.748. The number of carbonyl (C=O) groups excluding carboxylic acids is 1. The molecule has 1 aliphatic carbocycles. The van der Waals surface area contributed by atoms with Crippen LogP contribution in [-0.4, -0.2) is 69.0 Å². The van der Waals surface area contributed by atoms with Gasteiger partial charge < -0.3 is 15.1 Å². The van der Waals surface area contributed by atoms with Crippen LogP contribution in [0.5, 0.6) is 0 Å². The van der Waals surface area contributed by atoms with E-state index in [0.29, 0.717) is 25.2 Å². The summed E-state index contributed by atoms with van der Waals surface area (Å²) in [5.41, 5.74) is 0.458. The van der Waals surface area contributed by atoms with Gasteiger partial charge in [-0.15, -0.1) is 0 Å². The van der Waals surface area contributed by atoms with Crippen molar-refractivity contribution in [2.24, 2.45) is 13.0 Å². The molecule has 0 spiro atoms. The fourth-order valence-corrected chi connectivity index (χ4v) is 3.80. The lowest BCUT2D eigenvalue weighted by Crippen LogP contribution is -2.55. The molecule has 0 aromatic carbocycles. The lowest BCUT2D eigenvalue weighted by Gasteiger charge is -2.41. The number of carbonyl (C=O) groups is 1. The van der Waals surface area contributed by atoms with Crippen molar-refractivity contribution in [1.82, 2.24) is 24.6 Å². The van der Waals surface area contributed by atoms with Crippen LogP contribution >= 0.6 is 0 Å². The molecule has 12 heteroatoms. The number of aryl methyl sites for hydroxylation is 1. The number of nitrogens with zero attached hydrogens (tertiary/aromatic N) is 7. The molecule has 2 fully saturated rings. The van der Waals surface area contributed by atoms with Crippen LogP contribution in [0, 0.1) is 17.2 Å². The molecule has 170 valence electrons. The van der Waals surface area contributed by atoms with Crippen molar-refractivity contribution in [3.8, 4) is 17.5 Å². The third kappa shape index (κ3) is 4.61. The Morgan fingerprint density at radius 1 is 1.31 bits per heavy atom. The summed E-state index contributed by atoms with van der Waals surface area (Å²) >= 11 is 0. The number of piperazine rings is 1. The van der Waals surface area contributed by atoms with E-state index >= 15 is 0 Å². The summed E-state index contributed by atoms with van der Waals surface area (Å²) in [6.45, 7) is 1.88. The Kier molecular flexibility index (Phi) is 5.66. The maximum absolute atomic E-state index is 12.8. The number of halogens is 3. The minimum absolute atomic E-state index is 0.0592. The van der Waals surface area contributed by atoms with E-state index in [1.807, 2.05) is 22.8 Å². The van der Waals surface area contributed by atoms with E-state index in [-0.39, 0.29) is 40.9 Å². The van der Waals surface area contributed by atoms with Crippen molar-refractivity contribution in [2.45, 2.75) is 32.0 Å². The lowest BCUT2D eigenvalue weighted by molar-refractivity contribution is -0.135. The molecule has 1 atom stereocenters. The SMILES string of the molecule is C[C@@H]1CN(c2nc(-c3cnn(C)c3)nc(NCC(F)(F)F)c2C#N)CCN1C(=O)C1CC1. The summed E-state index contributed by atoms with van der Waals surface area (Å²) in [5, 5.41) is 16.1. The smallest absolute Gasteiger partial charge is 0.360 e. The van der Waals surface area contributed by atoms with Crippen LogP contribution in [0.1, 0.15) is 25.3 Å². The maximum Gasteiger partial charge on any atom is 0.405 e. The number of nitrogens with one attached hydrogen (secondary N) is 1. The predicted octanol–water partition coefficient (Wildman–Crippen LogP) is 2.17. The van der Waals surface area contributed by atoms with Gasteiger partial charge in [0.1, 0.15) is 18.2 Å². The van der Waals surface area contributed by atoms with Gasteiger partial charge in [-0.05, 0) is 19.8 Å². The monoisotopic (exact) mass is 448 g/mol. The van der Waals surface area contributed by atoms with Gasteiger partial charge in [0, 0.05) is 44.8 Å². The fraction of sp³-hybridized carbons (Fsp3) is 0.550. The van der Waals surface area contributed by atoms with E-state index in [1.165, 1.54) is 10.9 Å². The van der Waals surface area contributed by atoms with Crippen molar-refractivity contribution in [3.05, 3.63) is 18.0 Å². The number of anilines is 2. The standard InChI is InChI=1S/C20H23F3N8O/c1-12-9-30(5-6-31(12)19(32)13-3-4-13)18-15(7-24)17(25-11-20(21,22)23)27-16(28-18)14-8-26-29(2)10-14/h8,10,12-13H,3-6,9,11H2,1-2H3,(H,25,27,28)/t12-/m1/s1. The minimum Gasteiger partial charge on any atom is -0.360 e. The largest absolute Gasteiger partial charge is 0.405 e. The number of aromatic nitrogens is 4. The van der Waals surface area contributed by atoms with Gasteiger partial charge in [0.2, 0.25) is 5.91 Å². The first-order valence-corrected chi connectivity index (χ1v) is 10.3. The molecule has 1 aliphatic heterocycles. The third-order valence-corrected chi connectivity index (χ3v) is 5.56. The molecule has 1 N–H and O–H groups in total. The summed E-state index contributed by atoms with van der Waals surface area (Å²) in [7, 11) is 1.70. The van der Waals surface area contributed by atoms with Crippen LogP contribution < -0.4 is 10.2 Å². The Labute approximate surface area is 182 Å². The van der Waals surface area contributed by atoms with E-state index < -0.39 is 12.7 Å². The van der Waals surface area contributed by atoms with E-state index in [4.69, 9.17) is 0 Å². The summed E-state index contributed by atoms with van der Waals surface area (Å²) in [5.74, 6) is 0.479. The van der Waals surface area contributed by atoms with Crippen LogP contribution in [0.3, 0.4) is 0 Å². The second-order valence-electron chi connectivity index (χ2n) is 8.18. The van der Waals surface area contributed by atoms with Gasteiger partial charge >= 0.3 is 6.18 Å². The molecule has 32 heavy (non-hydrogen) atoms. The first-order valence-electron chi connectivity index (χ1n) is 10.3. The average Bonchev–Trinajstić information content (AvgIpc) is 3.51. The van der Waals surface area contributed by atoms with Crippen LogP contribution in [0.2, 0.25) is 0 Å². The molecule has 2 aromatic rings. The number of amides is 1. The summed E-state index contributed by atoms with van der Waals surface area (Å²) < 4.78 is 40.1. The minimum atomic E-state index is -4.48. The van der Waals surface area contributed by atoms with Crippen molar-refractivity contribution in [1.29, 1.82) is 5.26 Å². The normalized spacial score (nSPS) is 19.1. The van der Waals surface area contributed by atoms with Gasteiger partial charge in [0.25, 0.3) is 0 Å². The zero-order valence-corrected chi connectivity index (χ0v) is 17.7. The highest BCUT2D eigenvalue weighted by Gasteiger charge is 2.38. The fourth-order valence-electron chi connectivity index (χ4n) is 3.80. The zero-order valence-electron chi connectivity index (χ0n) is 17.7. The molecule has 2 aliphatic rings. The van der Waals surface area contributed by atoms with Gasteiger partial charge in [-0.2, -0.15) is 23.5 Å². The lowest BCUT2D eigenvalue weighted by atomic mass is 10.1. The Bertz CT molecular complexity index is 1060. The number of alkyl halides is 3. The van der Waals surface area contributed by atoms with E-state index in [0.717, 1.165) is 12.8 Å². The van der Waals surface area contributed by atoms with Crippen LogP contribution in [0.15, 0.2) is 12.4 Å². The van der Waals surface area contributed by atoms with E-state index in [1.54, 1.807) is 13.2 Å². The molecule has 2 aromatic heterocycles. The van der Waals surface area contributed by atoms with E-state index in [9.17, 15) is 23.2 Å². The van der Waals surface area contributed by atoms with Gasteiger partial charge in [0.15, 0.2) is 17.5 Å². The number of nitriles is 1. The highest BCUT2D eigenvalue weighted by Crippen LogP contribution is 2.34. The Morgan fingerprint density at radius 3 is 2.62 bits per heavy atom. The maximum atomic E-state index is 12.8. The van der Waals surface area contributed by atoms with Crippen molar-refractivity contribution < 1.29 is 18.0 Å². The van der Waals surface area contributed by atoms with Gasteiger partial charge in [0.05, 0.1) is 11.8 Å². The van der Waals surface area contributed by atoms with Gasteiger partial charge in [-0.3, -0.25) is 9.48 Å². The third-order valence-electron chi connectivity index (χ3n) is 5.56. The molecular weight excluding hydrogens is 425 g/mol. The Balaban J connectivity index is 1.68. The number of hydrogen-bond acceptors (Lipinski definition) is 7. The Hall–Kier alpha value is -3.36. The molecular formula is C20H23F3N8O. The molecule has 1 saturated heterocycles. The topological polar surface area (TPSA) is 103 Å². The Morgan fingerprint density at radius 2 is 2.06 bits per heavy atom. The van der Waals surface area contributed by atoms with Crippen molar-refractivity contribution in [3.63, 3.8) is 0 Å². The summed E-state index contributed by atoms with van der Waals surface area (Å²) in [6, 6.07) is 1.84. The number of rotatable bonds is 5. The summed E-state index contributed by atoms with van der Waals surface area (Å²) in [6.07, 6.45) is 0.509. The molecule has 1 saturated carbocycles. The predicted molar refractivity (Wildman–Crippen MR) is 110 cm³/mol. The molecule has 9 nitrogen and oxygen atoms in total. The second kappa shape index (κ2) is 8.29. The van der Waals surface area contributed by atoms with Crippen molar-refractivity contribution >= 4 is 17.5 Å². The van der Waals surface area contributed by atoms with Gasteiger partial charge in [-0.1, -0.05) is 0 Å². The van der Waals surface area contributed by atoms with Gasteiger partial charge in [-0.25, -0.2) is 9.97 Å². The van der Waals surface area contributed by atoms with Crippen LogP contribution in [0.4, 0.5) is 24.8 Å². The van der Waals surface area contributed by atoms with Crippen LogP contribution in [-0.2, 0) is 11.8 Å². The van der Waals surface area contributed by atoms with Crippen molar-refractivity contribution in [2.75, 3.05) is 36.4 Å². The molecule has 0 unspecified atom stereocenters. The highest BCUT2D eigenvalue weighted by atomic mass is 19.4. The molecule has 0 bridgehead atoms. The first kappa shape index (κ1) is 21.9. The average molecular weight is 448 g/mol. The molecule has 1 amide bonds. The second-order valence-corrected chi connectivity index (χ2v) is 8.18. The zero-order chi connectivity index (χ0) is 23.0. The first-order chi connectivity index (χ1) is 15.2.